The maximum Gasteiger partial charge on any atom is 0.243 e. The van der Waals surface area contributed by atoms with E-state index in [9.17, 15) is 8.42 Å². The molecule has 0 aliphatic carbocycles. The molecular weight excluding hydrogens is 338 g/mol. The average molecular weight is 360 g/mol. The van der Waals surface area contributed by atoms with Gasteiger partial charge in [-0.1, -0.05) is 6.07 Å². The summed E-state index contributed by atoms with van der Waals surface area (Å²) in [5.41, 5.74) is 5.77. The van der Waals surface area contributed by atoms with E-state index in [4.69, 9.17) is 15.7 Å². The number of nitrogens with zero attached hydrogens (tertiary/aromatic N) is 2. The van der Waals surface area contributed by atoms with Crippen molar-refractivity contribution in [2.75, 3.05) is 26.2 Å². The maximum atomic E-state index is 12.6. The van der Waals surface area contributed by atoms with E-state index in [1.807, 2.05) is 6.07 Å². The van der Waals surface area contributed by atoms with Crippen LogP contribution in [0.1, 0.15) is 24.8 Å². The first-order valence-corrected chi connectivity index (χ1v) is 8.84. The first kappa shape index (κ1) is 19.9. The molecule has 128 valence electrons. The zero-order chi connectivity index (χ0) is 16.0. The molecule has 23 heavy (non-hydrogen) atoms. The Bertz CT molecular complexity index is 638. The molecule has 0 aromatic heterocycles. The molecule has 0 radical (unpaired) electrons. The number of hydrogen-bond donors (Lipinski definition) is 1. The Balaban J connectivity index is 0.00000264. The van der Waals surface area contributed by atoms with Crippen LogP contribution in [0.25, 0.3) is 0 Å². The Labute approximate surface area is 143 Å². The zero-order valence-electron chi connectivity index (χ0n) is 12.8. The number of piperidine rings is 1. The van der Waals surface area contributed by atoms with E-state index in [1.54, 1.807) is 12.1 Å². The van der Waals surface area contributed by atoms with Crippen LogP contribution in [0.15, 0.2) is 29.2 Å². The van der Waals surface area contributed by atoms with Gasteiger partial charge in [0.15, 0.2) is 0 Å². The number of nitrogens with two attached hydrogens (primary N) is 1. The Morgan fingerprint density at radius 2 is 2.04 bits per heavy atom. The summed E-state index contributed by atoms with van der Waals surface area (Å²) in [5.74, 6) is 0. The van der Waals surface area contributed by atoms with E-state index in [0.717, 1.165) is 6.42 Å². The van der Waals surface area contributed by atoms with E-state index in [0.29, 0.717) is 44.6 Å². The highest BCUT2D eigenvalue weighted by Gasteiger charge is 2.29. The van der Waals surface area contributed by atoms with Crippen LogP contribution in [0.3, 0.4) is 0 Å². The monoisotopic (exact) mass is 359 g/mol. The smallest absolute Gasteiger partial charge is 0.243 e. The summed E-state index contributed by atoms with van der Waals surface area (Å²) in [5, 5.41) is 8.89. The van der Waals surface area contributed by atoms with E-state index >= 15 is 0 Å². The van der Waals surface area contributed by atoms with Crippen molar-refractivity contribution in [3.05, 3.63) is 29.8 Å². The Kier molecular flexibility index (Phi) is 7.95. The first-order valence-electron chi connectivity index (χ1n) is 7.40. The number of hydrogen-bond acceptors (Lipinski definition) is 5. The van der Waals surface area contributed by atoms with Gasteiger partial charge in [0.25, 0.3) is 0 Å². The third-order valence-electron chi connectivity index (χ3n) is 3.70. The minimum absolute atomic E-state index is 0. The van der Waals surface area contributed by atoms with Crippen LogP contribution < -0.4 is 5.73 Å². The van der Waals surface area contributed by atoms with Crippen LogP contribution in [0, 0.1) is 11.3 Å². The topological polar surface area (TPSA) is 96.4 Å². The van der Waals surface area contributed by atoms with Gasteiger partial charge in [0.1, 0.15) is 0 Å². The summed E-state index contributed by atoms with van der Waals surface area (Å²) >= 11 is 0. The molecule has 1 aromatic carbocycles. The van der Waals surface area contributed by atoms with Crippen LogP contribution in [0.4, 0.5) is 0 Å². The average Bonchev–Trinajstić information content (AvgIpc) is 2.55. The van der Waals surface area contributed by atoms with Gasteiger partial charge in [0, 0.05) is 19.7 Å². The molecule has 0 unspecified atom stereocenters. The Morgan fingerprint density at radius 1 is 1.35 bits per heavy atom. The molecule has 2 rings (SSSR count). The second-order valence-corrected chi connectivity index (χ2v) is 7.19. The SMILES string of the molecule is Cl.N#Cc1cccc(S(=O)(=O)N2CCC(OCCCN)CC2)c1. The van der Waals surface area contributed by atoms with Crippen LogP contribution in [-0.4, -0.2) is 45.1 Å². The predicted molar refractivity (Wildman–Crippen MR) is 89.8 cm³/mol. The van der Waals surface area contributed by atoms with Crippen molar-refractivity contribution in [2.24, 2.45) is 5.73 Å². The van der Waals surface area contributed by atoms with Gasteiger partial charge in [-0.3, -0.25) is 0 Å². The van der Waals surface area contributed by atoms with Gasteiger partial charge in [-0.25, -0.2) is 8.42 Å². The fourth-order valence-corrected chi connectivity index (χ4v) is 3.96. The van der Waals surface area contributed by atoms with Crippen LogP contribution >= 0.6 is 12.4 Å². The lowest BCUT2D eigenvalue weighted by Gasteiger charge is -2.31. The normalized spacial score (nSPS) is 16.5. The third-order valence-corrected chi connectivity index (χ3v) is 5.60. The highest BCUT2D eigenvalue weighted by molar-refractivity contribution is 7.89. The van der Waals surface area contributed by atoms with Crippen molar-refractivity contribution < 1.29 is 13.2 Å². The second kappa shape index (κ2) is 9.21. The molecule has 1 aliphatic heterocycles. The summed E-state index contributed by atoms with van der Waals surface area (Å²) in [6, 6.07) is 8.09. The van der Waals surface area contributed by atoms with Crippen molar-refractivity contribution in [2.45, 2.75) is 30.3 Å². The standard InChI is InChI=1S/C15H21N3O3S.ClH/c16-7-2-10-21-14-5-8-18(9-6-14)22(19,20)15-4-1-3-13(11-15)12-17;/h1,3-4,11,14H,2,5-10,16H2;1H. The van der Waals surface area contributed by atoms with E-state index in [1.165, 1.54) is 16.4 Å². The van der Waals surface area contributed by atoms with Gasteiger partial charge in [-0.15, -0.1) is 12.4 Å². The minimum Gasteiger partial charge on any atom is -0.378 e. The highest BCUT2D eigenvalue weighted by Crippen LogP contribution is 2.22. The fraction of sp³-hybridized carbons (Fsp3) is 0.533. The number of nitriles is 1. The van der Waals surface area contributed by atoms with E-state index in [-0.39, 0.29) is 23.4 Å². The number of rotatable bonds is 6. The van der Waals surface area contributed by atoms with Crippen molar-refractivity contribution in [3.63, 3.8) is 0 Å². The number of ether oxygens (including phenoxy) is 1. The molecular formula is C15H22ClN3O3S. The molecule has 1 saturated heterocycles. The lowest BCUT2D eigenvalue weighted by molar-refractivity contribution is 0.0209. The summed E-state index contributed by atoms with van der Waals surface area (Å²) in [6.45, 7) is 2.10. The summed E-state index contributed by atoms with van der Waals surface area (Å²) in [4.78, 5) is 0.175. The van der Waals surface area contributed by atoms with Crippen molar-refractivity contribution in [1.29, 1.82) is 5.26 Å². The lowest BCUT2D eigenvalue weighted by Crippen LogP contribution is -2.41. The van der Waals surface area contributed by atoms with Gasteiger partial charge in [-0.2, -0.15) is 9.57 Å². The number of benzene rings is 1. The fourth-order valence-electron chi connectivity index (χ4n) is 2.45. The van der Waals surface area contributed by atoms with Crippen molar-refractivity contribution in [3.8, 4) is 6.07 Å². The molecule has 1 aliphatic rings. The minimum atomic E-state index is -3.54. The van der Waals surface area contributed by atoms with Crippen LogP contribution in [0.2, 0.25) is 0 Å². The van der Waals surface area contributed by atoms with Gasteiger partial charge in [-0.05, 0) is 44.0 Å². The van der Waals surface area contributed by atoms with Crippen molar-refractivity contribution >= 4 is 22.4 Å². The second-order valence-electron chi connectivity index (χ2n) is 5.26. The molecule has 0 bridgehead atoms. The number of halogens is 1. The predicted octanol–water partition coefficient (Wildman–Crippen LogP) is 1.50. The quantitative estimate of drug-likeness (QED) is 0.776. The lowest BCUT2D eigenvalue weighted by atomic mass is 10.1. The summed E-state index contributed by atoms with van der Waals surface area (Å²) in [7, 11) is -3.54. The molecule has 1 heterocycles. The van der Waals surface area contributed by atoms with Gasteiger partial charge in [0.2, 0.25) is 10.0 Å². The largest absolute Gasteiger partial charge is 0.378 e. The maximum absolute atomic E-state index is 12.6. The molecule has 0 spiro atoms. The first-order chi connectivity index (χ1) is 10.6. The van der Waals surface area contributed by atoms with E-state index in [2.05, 4.69) is 0 Å². The Hall–Kier alpha value is -1.17. The Morgan fingerprint density at radius 3 is 2.65 bits per heavy atom. The van der Waals surface area contributed by atoms with Crippen LogP contribution in [-0.2, 0) is 14.8 Å². The van der Waals surface area contributed by atoms with Crippen molar-refractivity contribution in [1.82, 2.24) is 4.31 Å². The third kappa shape index (κ3) is 5.16. The molecule has 2 N–H and O–H groups in total. The van der Waals surface area contributed by atoms with Gasteiger partial charge >= 0.3 is 0 Å². The summed E-state index contributed by atoms with van der Waals surface area (Å²) in [6.07, 6.45) is 2.28. The number of sulfonamides is 1. The van der Waals surface area contributed by atoms with E-state index < -0.39 is 10.0 Å². The molecule has 8 heteroatoms. The molecule has 0 saturated carbocycles. The zero-order valence-corrected chi connectivity index (χ0v) is 14.5. The summed E-state index contributed by atoms with van der Waals surface area (Å²) < 4.78 is 32.3. The molecule has 6 nitrogen and oxygen atoms in total. The molecule has 1 fully saturated rings. The van der Waals surface area contributed by atoms with Gasteiger partial charge in [0.05, 0.1) is 22.6 Å². The van der Waals surface area contributed by atoms with Crippen LogP contribution in [0.5, 0.6) is 0 Å². The van der Waals surface area contributed by atoms with Gasteiger partial charge < -0.3 is 10.5 Å². The molecule has 1 aromatic rings. The molecule has 0 atom stereocenters. The molecule has 0 amide bonds. The highest BCUT2D eigenvalue weighted by atomic mass is 35.5.